The number of carbonyl (C=O) groups is 1. The summed E-state index contributed by atoms with van der Waals surface area (Å²) < 4.78 is 0. The zero-order valence-electron chi connectivity index (χ0n) is 8.67. The van der Waals surface area contributed by atoms with Crippen molar-refractivity contribution < 1.29 is 4.79 Å². The van der Waals surface area contributed by atoms with Gasteiger partial charge < -0.3 is 0 Å². The maximum atomic E-state index is 11.3. The Hall–Kier alpha value is -0.330. The molecule has 5 saturated carbocycles. The normalized spacial score (nSPS) is 52.4. The molecule has 0 aromatic rings. The minimum atomic E-state index is 0.546. The zero-order chi connectivity index (χ0) is 9.34. The molecule has 4 bridgehead atoms. The van der Waals surface area contributed by atoms with Crippen molar-refractivity contribution in [3.8, 4) is 0 Å². The van der Waals surface area contributed by atoms with Crippen molar-refractivity contribution in [3.05, 3.63) is 0 Å². The number of Topliss-reactive ketones (excluding diaryl/α,β-unsaturated/α-hetero) is 1. The van der Waals surface area contributed by atoms with E-state index in [1.54, 1.807) is 0 Å². The van der Waals surface area contributed by atoms with Crippen LogP contribution in [0, 0.1) is 29.1 Å². The van der Waals surface area contributed by atoms with E-state index in [0.717, 1.165) is 36.5 Å². The summed E-state index contributed by atoms with van der Waals surface area (Å²) in [5.74, 6) is 4.57. The molecule has 0 amide bonds. The van der Waals surface area contributed by atoms with Crippen LogP contribution in [0.2, 0.25) is 0 Å². The summed E-state index contributed by atoms with van der Waals surface area (Å²) in [5.41, 5.74) is 0.546. The summed E-state index contributed by atoms with van der Waals surface area (Å²) in [7, 11) is 0. The summed E-state index contributed by atoms with van der Waals surface area (Å²) in [6.07, 6.45) is 9.34. The summed E-state index contributed by atoms with van der Waals surface area (Å²) in [6, 6.07) is 0. The van der Waals surface area contributed by atoms with E-state index >= 15 is 0 Å². The van der Waals surface area contributed by atoms with Gasteiger partial charge in [0.1, 0.15) is 5.78 Å². The van der Waals surface area contributed by atoms with Gasteiger partial charge in [0, 0.05) is 12.8 Å². The van der Waals surface area contributed by atoms with Gasteiger partial charge in [-0.15, -0.1) is 0 Å². The van der Waals surface area contributed by atoms with Gasteiger partial charge in [0.2, 0.25) is 0 Å². The van der Waals surface area contributed by atoms with Crippen LogP contribution >= 0.6 is 0 Å². The molecule has 1 nitrogen and oxygen atoms in total. The van der Waals surface area contributed by atoms with E-state index in [9.17, 15) is 4.79 Å². The second-order valence-electron chi connectivity index (χ2n) is 6.43. The highest BCUT2D eigenvalue weighted by Crippen LogP contribution is 2.67. The largest absolute Gasteiger partial charge is 0.300 e. The van der Waals surface area contributed by atoms with Gasteiger partial charge in [0.05, 0.1) is 0 Å². The Balaban J connectivity index is 1.71. The van der Waals surface area contributed by atoms with E-state index in [4.69, 9.17) is 0 Å². The number of ketones is 1. The maximum Gasteiger partial charge on any atom is 0.134 e. The molecular weight excluding hydrogens is 172 g/mol. The molecule has 0 N–H and O–H groups in total. The third kappa shape index (κ3) is 0.765. The van der Waals surface area contributed by atoms with Crippen molar-refractivity contribution >= 4 is 5.78 Å². The quantitative estimate of drug-likeness (QED) is 0.574. The summed E-state index contributed by atoms with van der Waals surface area (Å²) >= 11 is 0. The molecule has 1 heteroatoms. The van der Waals surface area contributed by atoms with Gasteiger partial charge >= 0.3 is 0 Å². The van der Waals surface area contributed by atoms with Crippen LogP contribution in [-0.2, 0) is 4.79 Å². The first-order chi connectivity index (χ1) is 6.76. The molecule has 0 aromatic carbocycles. The van der Waals surface area contributed by atoms with E-state index in [2.05, 4.69) is 0 Å². The highest BCUT2D eigenvalue weighted by atomic mass is 16.1. The van der Waals surface area contributed by atoms with Crippen LogP contribution in [-0.4, -0.2) is 5.78 Å². The lowest BCUT2D eigenvalue weighted by Gasteiger charge is -2.64. The third-order valence-corrected chi connectivity index (χ3v) is 5.82. The molecule has 0 heterocycles. The van der Waals surface area contributed by atoms with E-state index in [1.165, 1.54) is 32.1 Å². The first-order valence-electron chi connectivity index (χ1n) is 6.28. The van der Waals surface area contributed by atoms with Crippen molar-refractivity contribution in [2.24, 2.45) is 29.1 Å². The Bertz CT molecular complexity index is 266. The molecule has 0 atom stereocenters. The van der Waals surface area contributed by atoms with Gasteiger partial charge in [0.15, 0.2) is 0 Å². The molecule has 0 radical (unpaired) electrons. The number of carbonyl (C=O) groups excluding carboxylic acids is 1. The van der Waals surface area contributed by atoms with Crippen LogP contribution in [0.5, 0.6) is 0 Å². The Kier molecular flexibility index (Phi) is 1.27. The number of rotatable bonds is 0. The molecule has 76 valence electrons. The predicted octanol–water partition coefficient (Wildman–Crippen LogP) is 2.79. The predicted molar refractivity (Wildman–Crippen MR) is 53.7 cm³/mol. The number of hydrogen-bond donors (Lipinski definition) is 0. The second kappa shape index (κ2) is 2.25. The van der Waals surface area contributed by atoms with Crippen LogP contribution in [0.1, 0.15) is 44.9 Å². The molecule has 14 heavy (non-hydrogen) atoms. The van der Waals surface area contributed by atoms with Gasteiger partial charge in [-0.1, -0.05) is 0 Å². The van der Waals surface area contributed by atoms with Crippen molar-refractivity contribution in [2.75, 3.05) is 0 Å². The van der Waals surface area contributed by atoms with Crippen LogP contribution < -0.4 is 0 Å². The third-order valence-electron chi connectivity index (χ3n) is 5.82. The fraction of sp³-hybridized carbons (Fsp3) is 0.923. The van der Waals surface area contributed by atoms with Crippen molar-refractivity contribution in [3.63, 3.8) is 0 Å². The molecule has 5 aliphatic rings. The van der Waals surface area contributed by atoms with Crippen molar-refractivity contribution in [1.82, 2.24) is 0 Å². The molecule has 1 spiro atoms. The Morgan fingerprint density at radius 2 is 1.36 bits per heavy atom. The standard InChI is InChI=1S/C13H18O/c14-12-6-13(7-12)10-2-8-1-9(4-10)5-11(13)3-8/h8-11H,1-7H2. The Morgan fingerprint density at radius 1 is 0.857 bits per heavy atom. The lowest BCUT2D eigenvalue weighted by Crippen LogP contribution is -2.58. The Morgan fingerprint density at radius 3 is 1.79 bits per heavy atom. The minimum Gasteiger partial charge on any atom is -0.300 e. The van der Waals surface area contributed by atoms with Gasteiger partial charge in [0.25, 0.3) is 0 Å². The second-order valence-corrected chi connectivity index (χ2v) is 6.43. The smallest absolute Gasteiger partial charge is 0.134 e. The summed E-state index contributed by atoms with van der Waals surface area (Å²) in [5, 5.41) is 0. The molecule has 0 unspecified atom stereocenters. The molecule has 0 aromatic heterocycles. The van der Waals surface area contributed by atoms with Crippen molar-refractivity contribution in [1.29, 1.82) is 0 Å². The van der Waals surface area contributed by atoms with E-state index in [-0.39, 0.29) is 0 Å². The zero-order valence-corrected chi connectivity index (χ0v) is 8.67. The van der Waals surface area contributed by atoms with Gasteiger partial charge in [-0.25, -0.2) is 0 Å². The van der Waals surface area contributed by atoms with Crippen LogP contribution in [0.3, 0.4) is 0 Å². The molecule has 0 aliphatic heterocycles. The average molecular weight is 190 g/mol. The molecular formula is C13H18O. The summed E-state index contributed by atoms with van der Waals surface area (Å²) in [6.45, 7) is 0. The maximum absolute atomic E-state index is 11.3. The van der Waals surface area contributed by atoms with Gasteiger partial charge in [-0.2, -0.15) is 0 Å². The summed E-state index contributed by atoms with van der Waals surface area (Å²) in [4.78, 5) is 11.3. The van der Waals surface area contributed by atoms with Gasteiger partial charge in [-0.05, 0) is 61.2 Å². The lowest BCUT2D eigenvalue weighted by atomic mass is 9.40. The molecule has 5 aliphatic carbocycles. The minimum absolute atomic E-state index is 0.546. The first kappa shape index (κ1) is 7.90. The highest BCUT2D eigenvalue weighted by molar-refractivity contribution is 5.86. The van der Waals surface area contributed by atoms with E-state index < -0.39 is 0 Å². The fourth-order valence-electron chi connectivity index (χ4n) is 5.38. The average Bonchev–Trinajstić information content (AvgIpc) is 2.08. The highest BCUT2D eigenvalue weighted by Gasteiger charge is 2.61. The lowest BCUT2D eigenvalue weighted by molar-refractivity contribution is -0.169. The molecule has 0 saturated heterocycles. The molecule has 5 rings (SSSR count). The number of hydrogen-bond acceptors (Lipinski definition) is 1. The first-order valence-corrected chi connectivity index (χ1v) is 6.28. The van der Waals surface area contributed by atoms with E-state index in [0.29, 0.717) is 11.2 Å². The van der Waals surface area contributed by atoms with E-state index in [1.807, 2.05) is 0 Å². The van der Waals surface area contributed by atoms with Gasteiger partial charge in [-0.3, -0.25) is 4.79 Å². The Labute approximate surface area is 85.3 Å². The topological polar surface area (TPSA) is 17.1 Å². The fourth-order valence-corrected chi connectivity index (χ4v) is 5.38. The van der Waals surface area contributed by atoms with Crippen LogP contribution in [0.25, 0.3) is 0 Å². The van der Waals surface area contributed by atoms with Crippen LogP contribution in [0.4, 0.5) is 0 Å². The van der Waals surface area contributed by atoms with Crippen LogP contribution in [0.15, 0.2) is 0 Å². The monoisotopic (exact) mass is 190 g/mol. The van der Waals surface area contributed by atoms with Crippen molar-refractivity contribution in [2.45, 2.75) is 44.9 Å². The SMILES string of the molecule is O=C1CC2(C1)C1CC3CC(C1)CC2C3. The molecule has 5 fully saturated rings.